The molecule has 2 fully saturated rings. The lowest BCUT2D eigenvalue weighted by Crippen LogP contribution is -2.58. The molecule has 2 saturated heterocycles. The van der Waals surface area contributed by atoms with Gasteiger partial charge in [-0.05, 0) is 92.1 Å². The summed E-state index contributed by atoms with van der Waals surface area (Å²) in [4.78, 5) is 61.1. The van der Waals surface area contributed by atoms with E-state index in [1.54, 1.807) is 11.3 Å². The SMILES string of the molecule is Cc1ncsc1-c1ccc(CNC(=O)[C@@H]2C[C@@H](O)CN2C(=O)[C@@H](NC(=O)CN2CCC(Cc3ccc(CO[C@H](C)[C@@H](C)CCC(N)=O)cc3)CC2)C(C)(C)C)cc1. The minimum atomic E-state index is -0.868. The number of aliphatic hydroxyl groups is 1. The highest BCUT2D eigenvalue weighted by atomic mass is 32.1. The van der Waals surface area contributed by atoms with Crippen molar-refractivity contribution in [3.8, 4) is 10.4 Å². The highest BCUT2D eigenvalue weighted by molar-refractivity contribution is 7.13. The van der Waals surface area contributed by atoms with Gasteiger partial charge in [-0.15, -0.1) is 11.3 Å². The Labute approximate surface area is 341 Å². The number of hydrogen-bond acceptors (Lipinski definition) is 9. The Balaban J connectivity index is 1.07. The van der Waals surface area contributed by atoms with Crippen molar-refractivity contribution < 1.29 is 29.0 Å². The number of aliphatic hydroxyl groups excluding tert-OH is 1. The molecule has 0 radical (unpaired) electrons. The standard InChI is InChI=1S/C44H62N6O6S/c1-28(7-16-38(45)52)30(3)56-26-34-10-8-31(9-11-34)21-32-17-19-49(20-18-32)25-39(53)48-41(44(4,5)6)43(55)50-24-36(51)22-37(50)42(54)46-23-33-12-14-35(15-13-33)40-29(2)47-27-57-40/h8-15,27-28,30,32,36-37,41,51H,7,16-26H2,1-6H3,(H2,45,52)(H,46,54)(H,48,53)/t28-,30+,36+,37-,41+/m0/s1. The van der Waals surface area contributed by atoms with Gasteiger partial charge < -0.3 is 31.1 Å². The molecule has 2 aliphatic heterocycles. The molecule has 5 N–H and O–H groups in total. The van der Waals surface area contributed by atoms with Crippen LogP contribution in [0.1, 0.15) is 89.1 Å². The lowest BCUT2D eigenvalue weighted by atomic mass is 9.85. The van der Waals surface area contributed by atoms with Crippen molar-refractivity contribution in [1.29, 1.82) is 0 Å². The number of nitrogens with one attached hydrogen (secondary N) is 2. The van der Waals surface area contributed by atoms with Gasteiger partial charge in [0.1, 0.15) is 12.1 Å². The van der Waals surface area contributed by atoms with Crippen molar-refractivity contribution in [3.63, 3.8) is 0 Å². The number of amides is 4. The predicted molar refractivity (Wildman–Crippen MR) is 223 cm³/mol. The Bertz CT molecular complexity index is 1800. The first-order valence-electron chi connectivity index (χ1n) is 20.3. The first-order chi connectivity index (χ1) is 27.1. The van der Waals surface area contributed by atoms with Crippen LogP contribution in [0.25, 0.3) is 10.4 Å². The molecule has 2 aromatic carbocycles. The van der Waals surface area contributed by atoms with Crippen molar-refractivity contribution in [2.24, 2.45) is 23.0 Å². The highest BCUT2D eigenvalue weighted by Crippen LogP contribution is 2.29. The molecule has 57 heavy (non-hydrogen) atoms. The minimum Gasteiger partial charge on any atom is -0.391 e. The number of β-amino-alcohol motifs (C(OH)–C–C–N with tert-alkyl or cyclic N) is 1. The molecule has 4 amide bonds. The number of piperidine rings is 1. The van der Waals surface area contributed by atoms with Gasteiger partial charge in [0.15, 0.2) is 0 Å². The average molecular weight is 803 g/mol. The molecule has 3 heterocycles. The average Bonchev–Trinajstić information content (AvgIpc) is 3.80. The number of aromatic nitrogens is 1. The van der Waals surface area contributed by atoms with Crippen molar-refractivity contribution in [1.82, 2.24) is 25.4 Å². The number of primary amides is 1. The third-order valence-corrected chi connectivity index (χ3v) is 12.5. The smallest absolute Gasteiger partial charge is 0.246 e. The number of likely N-dealkylation sites (tertiary alicyclic amines) is 2. The van der Waals surface area contributed by atoms with E-state index in [1.165, 1.54) is 10.5 Å². The summed E-state index contributed by atoms with van der Waals surface area (Å²) in [6.45, 7) is 14.4. The zero-order chi connectivity index (χ0) is 41.3. The number of ether oxygens (including phenoxy) is 1. The summed E-state index contributed by atoms with van der Waals surface area (Å²) in [5, 5.41) is 16.6. The van der Waals surface area contributed by atoms with Crippen LogP contribution in [-0.4, -0.2) is 94.0 Å². The maximum atomic E-state index is 14.1. The van der Waals surface area contributed by atoms with E-state index < -0.39 is 23.6 Å². The predicted octanol–water partition coefficient (Wildman–Crippen LogP) is 4.99. The molecule has 0 spiro atoms. The minimum absolute atomic E-state index is 0.0289. The Morgan fingerprint density at radius 2 is 1.65 bits per heavy atom. The molecular weight excluding hydrogens is 741 g/mol. The molecule has 3 aromatic rings. The Kier molecular flexibility index (Phi) is 15.4. The maximum Gasteiger partial charge on any atom is 0.246 e. The lowest BCUT2D eigenvalue weighted by molar-refractivity contribution is -0.144. The van der Waals surface area contributed by atoms with E-state index >= 15 is 0 Å². The summed E-state index contributed by atoms with van der Waals surface area (Å²) in [6, 6.07) is 14.8. The number of hydrogen-bond donors (Lipinski definition) is 4. The molecule has 0 unspecified atom stereocenters. The topological polar surface area (TPSA) is 167 Å². The summed E-state index contributed by atoms with van der Waals surface area (Å²) < 4.78 is 6.05. The number of aryl methyl sites for hydroxylation is 1. The normalized spacial score (nSPS) is 19.5. The number of rotatable bonds is 17. The van der Waals surface area contributed by atoms with Crippen molar-refractivity contribution in [2.45, 2.75) is 118 Å². The van der Waals surface area contributed by atoms with Gasteiger partial charge in [-0.3, -0.25) is 24.1 Å². The molecule has 0 aliphatic carbocycles. The zero-order valence-electron chi connectivity index (χ0n) is 34.5. The molecule has 310 valence electrons. The summed E-state index contributed by atoms with van der Waals surface area (Å²) in [6.07, 6.45) is 3.34. The molecule has 5 atom stereocenters. The third-order valence-electron chi connectivity index (χ3n) is 11.5. The molecule has 13 heteroatoms. The fourth-order valence-electron chi connectivity index (χ4n) is 7.64. The van der Waals surface area contributed by atoms with E-state index in [1.807, 2.05) is 64.4 Å². The molecule has 12 nitrogen and oxygen atoms in total. The first-order valence-corrected chi connectivity index (χ1v) is 21.2. The van der Waals surface area contributed by atoms with Crippen LogP contribution in [0.3, 0.4) is 0 Å². The van der Waals surface area contributed by atoms with Crippen molar-refractivity contribution in [2.75, 3.05) is 26.2 Å². The second-order valence-corrected chi connectivity index (χ2v) is 18.0. The monoisotopic (exact) mass is 802 g/mol. The molecule has 0 bridgehead atoms. The number of carbonyl (C=O) groups excluding carboxylic acids is 4. The van der Waals surface area contributed by atoms with E-state index in [0.717, 1.165) is 66.0 Å². The van der Waals surface area contributed by atoms with Gasteiger partial charge >= 0.3 is 0 Å². The van der Waals surface area contributed by atoms with Gasteiger partial charge in [-0.1, -0.05) is 76.2 Å². The van der Waals surface area contributed by atoms with E-state index in [0.29, 0.717) is 18.9 Å². The number of nitrogens with zero attached hydrogens (tertiary/aromatic N) is 3. The summed E-state index contributed by atoms with van der Waals surface area (Å²) in [5.41, 5.74) is 11.8. The zero-order valence-corrected chi connectivity index (χ0v) is 35.3. The van der Waals surface area contributed by atoms with Crippen LogP contribution in [0.2, 0.25) is 0 Å². The van der Waals surface area contributed by atoms with Crippen LogP contribution in [0.5, 0.6) is 0 Å². The van der Waals surface area contributed by atoms with Crippen LogP contribution in [-0.2, 0) is 43.5 Å². The summed E-state index contributed by atoms with van der Waals surface area (Å²) in [5.74, 6) is -0.447. The number of nitrogens with two attached hydrogens (primary N) is 1. The summed E-state index contributed by atoms with van der Waals surface area (Å²) in [7, 11) is 0. The molecule has 5 rings (SSSR count). The molecule has 1 aromatic heterocycles. The van der Waals surface area contributed by atoms with E-state index in [9.17, 15) is 24.3 Å². The Morgan fingerprint density at radius 1 is 1.00 bits per heavy atom. The maximum absolute atomic E-state index is 14.1. The molecular formula is C44H62N6O6S. The largest absolute Gasteiger partial charge is 0.391 e. The Hall–Kier alpha value is -4.17. The van der Waals surface area contributed by atoms with Crippen LogP contribution in [0, 0.1) is 24.2 Å². The highest BCUT2D eigenvalue weighted by Gasteiger charge is 2.44. The van der Waals surface area contributed by atoms with Gasteiger partial charge in [-0.2, -0.15) is 0 Å². The molecule has 2 aliphatic rings. The second-order valence-electron chi connectivity index (χ2n) is 17.2. The van der Waals surface area contributed by atoms with Gasteiger partial charge in [0.2, 0.25) is 23.6 Å². The fraction of sp³-hybridized carbons (Fsp3) is 0.568. The van der Waals surface area contributed by atoms with Crippen LogP contribution in [0.4, 0.5) is 0 Å². The van der Waals surface area contributed by atoms with Crippen LogP contribution in [0.15, 0.2) is 54.0 Å². The van der Waals surface area contributed by atoms with Gasteiger partial charge in [0, 0.05) is 25.9 Å². The van der Waals surface area contributed by atoms with Gasteiger partial charge in [0.05, 0.1) is 41.4 Å². The quantitative estimate of drug-likeness (QED) is 0.148. The van der Waals surface area contributed by atoms with Crippen LogP contribution >= 0.6 is 11.3 Å². The number of benzene rings is 2. The van der Waals surface area contributed by atoms with Crippen molar-refractivity contribution in [3.05, 3.63) is 76.4 Å². The number of carbonyl (C=O) groups is 4. The number of thiazole rings is 1. The van der Waals surface area contributed by atoms with Crippen molar-refractivity contribution >= 4 is 35.0 Å². The van der Waals surface area contributed by atoms with Crippen LogP contribution < -0.4 is 16.4 Å². The van der Waals surface area contributed by atoms with E-state index in [4.69, 9.17) is 10.5 Å². The second kappa shape index (κ2) is 20.0. The first kappa shape index (κ1) is 43.9. The fourth-order valence-corrected chi connectivity index (χ4v) is 8.45. The van der Waals surface area contributed by atoms with Gasteiger partial charge in [0.25, 0.3) is 0 Å². The van der Waals surface area contributed by atoms with Gasteiger partial charge in [-0.25, -0.2) is 4.98 Å². The third kappa shape index (κ3) is 12.7. The Morgan fingerprint density at radius 3 is 2.26 bits per heavy atom. The molecule has 0 saturated carbocycles. The van der Waals surface area contributed by atoms with E-state index in [2.05, 4.69) is 51.7 Å². The lowest BCUT2D eigenvalue weighted by Gasteiger charge is -2.36. The van der Waals surface area contributed by atoms with E-state index in [-0.39, 0.29) is 61.7 Å². The summed E-state index contributed by atoms with van der Waals surface area (Å²) >= 11 is 1.59.